The summed E-state index contributed by atoms with van der Waals surface area (Å²) in [6, 6.07) is 0.655. The van der Waals surface area contributed by atoms with Crippen molar-refractivity contribution in [2.45, 2.75) is 23.1 Å². The van der Waals surface area contributed by atoms with E-state index in [-0.39, 0.29) is 10.1 Å². The zero-order valence-electron chi connectivity index (χ0n) is 9.07. The van der Waals surface area contributed by atoms with E-state index in [0.29, 0.717) is 21.8 Å². The molecule has 0 radical (unpaired) electrons. The molecule has 1 aliphatic heterocycles. The van der Waals surface area contributed by atoms with E-state index in [1.54, 1.807) is 0 Å². The van der Waals surface area contributed by atoms with Crippen LogP contribution in [0.25, 0.3) is 0 Å². The molecule has 1 fully saturated rings. The first-order valence-corrected chi connectivity index (χ1v) is 8.62. The second-order valence-corrected chi connectivity index (χ2v) is 8.51. The maximum Gasteiger partial charge on any atom is 0.250 e. The third kappa shape index (κ3) is 3.05. The standard InChI is InChI=1S/C9H10BrClN2O3S2/c10-8-5(11)4-7(17-8)18(15,16)13-6-2-1-3-12-9(6)14/h4,6,13H,1-3H2,(H,12,14). The highest BCUT2D eigenvalue weighted by molar-refractivity contribution is 9.11. The number of hydrogen-bond donors (Lipinski definition) is 2. The summed E-state index contributed by atoms with van der Waals surface area (Å²) >= 11 is 9.97. The Balaban J connectivity index is 2.19. The van der Waals surface area contributed by atoms with Crippen molar-refractivity contribution >= 4 is 54.8 Å². The molecular formula is C9H10BrClN2O3S2. The summed E-state index contributed by atoms with van der Waals surface area (Å²) in [5.41, 5.74) is 0. The highest BCUT2D eigenvalue weighted by Crippen LogP contribution is 2.34. The van der Waals surface area contributed by atoms with E-state index in [4.69, 9.17) is 11.6 Å². The van der Waals surface area contributed by atoms with Crippen LogP contribution in [0.2, 0.25) is 5.02 Å². The molecule has 100 valence electrons. The van der Waals surface area contributed by atoms with Crippen molar-refractivity contribution in [3.8, 4) is 0 Å². The van der Waals surface area contributed by atoms with Crippen LogP contribution in [0.4, 0.5) is 0 Å². The van der Waals surface area contributed by atoms with Gasteiger partial charge in [0.1, 0.15) is 10.3 Å². The van der Waals surface area contributed by atoms with Crippen LogP contribution in [0.1, 0.15) is 12.8 Å². The normalized spacial score (nSPS) is 20.8. The molecule has 2 rings (SSSR count). The van der Waals surface area contributed by atoms with Gasteiger partial charge in [-0.3, -0.25) is 4.79 Å². The van der Waals surface area contributed by atoms with Crippen LogP contribution in [0.15, 0.2) is 14.1 Å². The number of rotatable bonds is 3. The van der Waals surface area contributed by atoms with Crippen molar-refractivity contribution in [1.29, 1.82) is 0 Å². The van der Waals surface area contributed by atoms with Gasteiger partial charge in [0.2, 0.25) is 5.91 Å². The van der Waals surface area contributed by atoms with E-state index in [0.717, 1.165) is 17.8 Å². The van der Waals surface area contributed by atoms with Gasteiger partial charge in [-0.2, -0.15) is 4.72 Å². The molecule has 1 amide bonds. The lowest BCUT2D eigenvalue weighted by molar-refractivity contribution is -0.124. The molecular weight excluding hydrogens is 364 g/mol. The molecule has 18 heavy (non-hydrogen) atoms. The lowest BCUT2D eigenvalue weighted by Gasteiger charge is -2.22. The quantitative estimate of drug-likeness (QED) is 0.847. The summed E-state index contributed by atoms with van der Waals surface area (Å²) in [6.07, 6.45) is 1.26. The highest BCUT2D eigenvalue weighted by Gasteiger charge is 2.29. The SMILES string of the molecule is O=C1NCCCC1NS(=O)(=O)c1cc(Cl)c(Br)s1. The van der Waals surface area contributed by atoms with E-state index in [9.17, 15) is 13.2 Å². The predicted molar refractivity (Wildman–Crippen MR) is 73.4 cm³/mol. The molecule has 1 aromatic heterocycles. The maximum absolute atomic E-state index is 12.1. The second-order valence-electron chi connectivity index (χ2n) is 3.79. The number of halogens is 2. The molecule has 1 aromatic rings. The Hall–Kier alpha value is -0.150. The van der Waals surface area contributed by atoms with Crippen molar-refractivity contribution in [3.05, 3.63) is 14.9 Å². The molecule has 2 N–H and O–H groups in total. The van der Waals surface area contributed by atoms with Crippen molar-refractivity contribution < 1.29 is 13.2 Å². The van der Waals surface area contributed by atoms with E-state index in [2.05, 4.69) is 26.0 Å². The molecule has 9 heteroatoms. The van der Waals surface area contributed by atoms with Crippen LogP contribution in [-0.4, -0.2) is 26.9 Å². The molecule has 2 heterocycles. The number of nitrogens with one attached hydrogen (secondary N) is 2. The van der Waals surface area contributed by atoms with E-state index in [1.807, 2.05) is 0 Å². The van der Waals surface area contributed by atoms with Gasteiger partial charge in [0.05, 0.1) is 8.81 Å². The molecule has 0 aliphatic carbocycles. The Labute approximate surface area is 122 Å². The van der Waals surface area contributed by atoms with Gasteiger partial charge < -0.3 is 5.32 Å². The minimum Gasteiger partial charge on any atom is -0.355 e. The minimum atomic E-state index is -3.70. The summed E-state index contributed by atoms with van der Waals surface area (Å²) in [7, 11) is -3.70. The zero-order valence-corrected chi connectivity index (χ0v) is 13.0. The summed E-state index contributed by atoms with van der Waals surface area (Å²) in [5.74, 6) is -0.286. The Morgan fingerprint density at radius 1 is 1.56 bits per heavy atom. The van der Waals surface area contributed by atoms with Crippen LogP contribution in [0.3, 0.4) is 0 Å². The largest absolute Gasteiger partial charge is 0.355 e. The Morgan fingerprint density at radius 2 is 2.28 bits per heavy atom. The average Bonchev–Trinajstić information content (AvgIpc) is 2.63. The molecule has 1 unspecified atom stereocenters. The van der Waals surface area contributed by atoms with Crippen molar-refractivity contribution in [2.75, 3.05) is 6.54 Å². The number of carbonyl (C=O) groups excluding carboxylic acids is 1. The van der Waals surface area contributed by atoms with Crippen molar-refractivity contribution in [1.82, 2.24) is 10.0 Å². The first-order valence-electron chi connectivity index (χ1n) is 5.15. The van der Waals surface area contributed by atoms with Gasteiger partial charge in [0.15, 0.2) is 0 Å². The fourth-order valence-electron chi connectivity index (χ4n) is 1.59. The first kappa shape index (κ1) is 14.3. The highest BCUT2D eigenvalue weighted by atomic mass is 79.9. The molecule has 1 saturated heterocycles. The van der Waals surface area contributed by atoms with Gasteiger partial charge in [-0.1, -0.05) is 11.6 Å². The van der Waals surface area contributed by atoms with Gasteiger partial charge >= 0.3 is 0 Å². The smallest absolute Gasteiger partial charge is 0.250 e. The molecule has 0 saturated carbocycles. The number of amides is 1. The number of sulfonamides is 1. The fraction of sp³-hybridized carbons (Fsp3) is 0.444. The Morgan fingerprint density at radius 3 is 2.83 bits per heavy atom. The predicted octanol–water partition coefficient (Wildman–Crippen LogP) is 1.72. The van der Waals surface area contributed by atoms with Gasteiger partial charge in [0, 0.05) is 6.54 Å². The maximum atomic E-state index is 12.1. The van der Waals surface area contributed by atoms with Crippen molar-refractivity contribution in [3.63, 3.8) is 0 Å². The molecule has 1 atom stereocenters. The number of hydrogen-bond acceptors (Lipinski definition) is 4. The van der Waals surface area contributed by atoms with E-state index in [1.165, 1.54) is 6.07 Å². The van der Waals surface area contributed by atoms with Crippen LogP contribution in [-0.2, 0) is 14.8 Å². The molecule has 0 bridgehead atoms. The third-order valence-corrected chi connectivity index (χ3v) is 6.89. The van der Waals surface area contributed by atoms with Crippen LogP contribution in [0, 0.1) is 0 Å². The first-order chi connectivity index (χ1) is 8.40. The van der Waals surface area contributed by atoms with Gasteiger partial charge in [-0.25, -0.2) is 8.42 Å². The summed E-state index contributed by atoms with van der Waals surface area (Å²) < 4.78 is 27.1. The monoisotopic (exact) mass is 372 g/mol. The van der Waals surface area contributed by atoms with Crippen molar-refractivity contribution in [2.24, 2.45) is 0 Å². The van der Waals surface area contributed by atoms with Gasteiger partial charge in [-0.05, 0) is 34.8 Å². The Kier molecular flexibility index (Phi) is 4.32. The molecule has 5 nitrogen and oxygen atoms in total. The van der Waals surface area contributed by atoms with Gasteiger partial charge in [0.25, 0.3) is 10.0 Å². The summed E-state index contributed by atoms with van der Waals surface area (Å²) in [4.78, 5) is 11.5. The summed E-state index contributed by atoms with van der Waals surface area (Å²) in [5, 5.41) is 2.97. The lowest BCUT2D eigenvalue weighted by atomic mass is 10.1. The topological polar surface area (TPSA) is 75.3 Å². The van der Waals surface area contributed by atoms with Gasteiger partial charge in [-0.15, -0.1) is 11.3 Å². The zero-order chi connectivity index (χ0) is 13.3. The third-order valence-electron chi connectivity index (χ3n) is 2.47. The minimum absolute atomic E-state index is 0.0951. The number of thiophene rings is 1. The second kappa shape index (κ2) is 5.46. The van der Waals surface area contributed by atoms with Crippen LogP contribution >= 0.6 is 38.9 Å². The molecule has 0 spiro atoms. The van der Waals surface area contributed by atoms with E-state index < -0.39 is 16.1 Å². The molecule has 0 aromatic carbocycles. The van der Waals surface area contributed by atoms with Crippen LogP contribution < -0.4 is 10.0 Å². The summed E-state index contributed by atoms with van der Waals surface area (Å²) in [6.45, 7) is 0.591. The fourth-order valence-corrected chi connectivity index (χ4v) is 5.23. The average molecular weight is 374 g/mol. The number of carbonyl (C=O) groups is 1. The Bertz CT molecular complexity index is 553. The van der Waals surface area contributed by atoms with E-state index >= 15 is 0 Å². The number of piperidine rings is 1. The molecule has 1 aliphatic rings. The lowest BCUT2D eigenvalue weighted by Crippen LogP contribution is -2.49. The van der Waals surface area contributed by atoms with Crippen LogP contribution in [0.5, 0.6) is 0 Å².